The van der Waals surface area contributed by atoms with Crippen LogP contribution in [0.15, 0.2) is 36.4 Å². The van der Waals surface area contributed by atoms with E-state index in [9.17, 15) is 0 Å². The Kier molecular flexibility index (Phi) is 3.27. The second-order valence-corrected chi connectivity index (χ2v) is 3.76. The highest BCUT2D eigenvalue weighted by Gasteiger charge is 2.33. The Labute approximate surface area is 95.6 Å². The van der Waals surface area contributed by atoms with Gasteiger partial charge in [0.2, 0.25) is 0 Å². The lowest BCUT2D eigenvalue weighted by Crippen LogP contribution is -2.29. The minimum absolute atomic E-state index is 0.430. The van der Waals surface area contributed by atoms with Crippen molar-refractivity contribution in [3.63, 3.8) is 0 Å². The molecule has 0 bridgehead atoms. The van der Waals surface area contributed by atoms with Gasteiger partial charge in [-0.3, -0.25) is 0 Å². The van der Waals surface area contributed by atoms with Crippen LogP contribution in [0.1, 0.15) is 5.56 Å². The van der Waals surface area contributed by atoms with E-state index in [1.54, 1.807) is 14.2 Å². The summed E-state index contributed by atoms with van der Waals surface area (Å²) in [6.07, 6.45) is 4.07. The summed E-state index contributed by atoms with van der Waals surface area (Å²) < 4.78 is 16.1. The van der Waals surface area contributed by atoms with Crippen molar-refractivity contribution in [1.29, 1.82) is 0 Å². The molecular weight excluding hydrogens is 204 g/mol. The molecule has 1 aliphatic heterocycles. The minimum Gasteiger partial charge on any atom is -0.497 e. The molecule has 1 atom stereocenters. The predicted molar refractivity (Wildman–Crippen MR) is 61.6 cm³/mol. The molecule has 1 aromatic carbocycles. The van der Waals surface area contributed by atoms with Gasteiger partial charge in [-0.25, -0.2) is 0 Å². The third kappa shape index (κ3) is 1.96. The Morgan fingerprint density at radius 2 is 2.00 bits per heavy atom. The second kappa shape index (κ2) is 4.68. The van der Waals surface area contributed by atoms with E-state index >= 15 is 0 Å². The molecule has 0 N–H and O–H groups in total. The standard InChI is InChI=1S/C13H16O3/c1-14-10-13(8-3-9-16-13)11-4-6-12(15-2)7-5-11/h3-8H,9-10H2,1-2H3/t13-/m0/s1. The molecule has 0 aromatic heterocycles. The normalized spacial score (nSPS) is 23.6. The van der Waals surface area contributed by atoms with Gasteiger partial charge in [-0.05, 0) is 23.8 Å². The van der Waals surface area contributed by atoms with E-state index in [1.165, 1.54) is 0 Å². The quantitative estimate of drug-likeness (QED) is 0.727. The van der Waals surface area contributed by atoms with Gasteiger partial charge >= 0.3 is 0 Å². The highest BCUT2D eigenvalue weighted by molar-refractivity contribution is 5.35. The van der Waals surface area contributed by atoms with Crippen molar-refractivity contribution in [1.82, 2.24) is 0 Å². The molecule has 0 aliphatic carbocycles. The maximum Gasteiger partial charge on any atom is 0.135 e. The van der Waals surface area contributed by atoms with Crippen LogP contribution in [0.5, 0.6) is 5.75 Å². The Bertz CT molecular complexity index is 369. The van der Waals surface area contributed by atoms with Gasteiger partial charge in [0.25, 0.3) is 0 Å². The van der Waals surface area contributed by atoms with E-state index in [2.05, 4.69) is 6.08 Å². The van der Waals surface area contributed by atoms with E-state index < -0.39 is 5.60 Å². The first kappa shape index (κ1) is 11.2. The SMILES string of the molecule is COC[C@]1(c2ccc(OC)cc2)C=CCO1. The molecule has 1 aliphatic rings. The van der Waals surface area contributed by atoms with Crippen LogP contribution >= 0.6 is 0 Å². The van der Waals surface area contributed by atoms with E-state index in [0.29, 0.717) is 13.2 Å². The van der Waals surface area contributed by atoms with Crippen molar-refractivity contribution in [3.8, 4) is 5.75 Å². The van der Waals surface area contributed by atoms with E-state index in [-0.39, 0.29) is 0 Å². The van der Waals surface area contributed by atoms with Crippen LogP contribution in [0.25, 0.3) is 0 Å². The fourth-order valence-corrected chi connectivity index (χ4v) is 1.92. The van der Waals surface area contributed by atoms with Gasteiger partial charge in [0, 0.05) is 7.11 Å². The van der Waals surface area contributed by atoms with Crippen molar-refractivity contribution in [2.45, 2.75) is 5.60 Å². The predicted octanol–water partition coefficient (Wildman–Crippen LogP) is 2.12. The van der Waals surface area contributed by atoms with Gasteiger partial charge in [0.1, 0.15) is 11.4 Å². The van der Waals surface area contributed by atoms with Crippen LogP contribution in [-0.4, -0.2) is 27.4 Å². The fourth-order valence-electron chi connectivity index (χ4n) is 1.92. The molecule has 86 valence electrons. The van der Waals surface area contributed by atoms with Crippen LogP contribution in [-0.2, 0) is 15.1 Å². The van der Waals surface area contributed by atoms with Gasteiger partial charge in [-0.2, -0.15) is 0 Å². The third-order valence-electron chi connectivity index (χ3n) is 2.76. The van der Waals surface area contributed by atoms with Crippen LogP contribution in [0, 0.1) is 0 Å². The van der Waals surface area contributed by atoms with Crippen LogP contribution in [0.4, 0.5) is 0 Å². The maximum absolute atomic E-state index is 5.76. The summed E-state index contributed by atoms with van der Waals surface area (Å²) in [5.41, 5.74) is 0.657. The number of hydrogen-bond donors (Lipinski definition) is 0. The largest absolute Gasteiger partial charge is 0.497 e. The molecule has 0 radical (unpaired) electrons. The first-order valence-electron chi connectivity index (χ1n) is 5.26. The molecule has 3 heteroatoms. The maximum atomic E-state index is 5.76. The van der Waals surface area contributed by atoms with E-state index in [4.69, 9.17) is 14.2 Å². The molecule has 0 fully saturated rings. The lowest BCUT2D eigenvalue weighted by molar-refractivity contribution is -0.0360. The van der Waals surface area contributed by atoms with Gasteiger partial charge in [-0.15, -0.1) is 0 Å². The van der Waals surface area contributed by atoms with Crippen LogP contribution in [0.2, 0.25) is 0 Å². The summed E-state index contributed by atoms with van der Waals surface area (Å²) in [7, 11) is 3.34. The summed E-state index contributed by atoms with van der Waals surface area (Å²) in [6, 6.07) is 7.88. The summed E-state index contributed by atoms with van der Waals surface area (Å²) in [5.74, 6) is 0.846. The zero-order valence-corrected chi connectivity index (χ0v) is 9.60. The van der Waals surface area contributed by atoms with Crippen molar-refractivity contribution in [2.75, 3.05) is 27.4 Å². The van der Waals surface area contributed by atoms with Crippen LogP contribution in [0.3, 0.4) is 0 Å². The summed E-state index contributed by atoms with van der Waals surface area (Å²) in [6.45, 7) is 1.16. The number of hydrogen-bond acceptors (Lipinski definition) is 3. The molecule has 16 heavy (non-hydrogen) atoms. The highest BCUT2D eigenvalue weighted by Crippen LogP contribution is 2.32. The van der Waals surface area contributed by atoms with Gasteiger partial charge in [-0.1, -0.05) is 18.2 Å². The molecule has 0 amide bonds. The smallest absolute Gasteiger partial charge is 0.135 e. The monoisotopic (exact) mass is 220 g/mol. The number of ether oxygens (including phenoxy) is 3. The molecule has 2 rings (SSSR count). The molecular formula is C13H16O3. The Hall–Kier alpha value is -1.32. The molecule has 0 unspecified atom stereocenters. The Morgan fingerprint density at radius 3 is 2.50 bits per heavy atom. The van der Waals surface area contributed by atoms with Crippen LogP contribution < -0.4 is 4.74 Å². The van der Waals surface area contributed by atoms with E-state index in [0.717, 1.165) is 11.3 Å². The van der Waals surface area contributed by atoms with Crippen molar-refractivity contribution < 1.29 is 14.2 Å². The zero-order valence-electron chi connectivity index (χ0n) is 9.60. The Balaban J connectivity index is 2.28. The second-order valence-electron chi connectivity index (χ2n) is 3.76. The third-order valence-corrected chi connectivity index (χ3v) is 2.76. The first-order chi connectivity index (χ1) is 7.80. The molecule has 0 spiro atoms. The Morgan fingerprint density at radius 1 is 1.25 bits per heavy atom. The van der Waals surface area contributed by atoms with Gasteiger partial charge in [0.15, 0.2) is 0 Å². The first-order valence-corrected chi connectivity index (χ1v) is 5.26. The highest BCUT2D eigenvalue weighted by atomic mass is 16.5. The lowest BCUT2D eigenvalue weighted by Gasteiger charge is -2.26. The number of rotatable bonds is 4. The minimum atomic E-state index is -0.430. The van der Waals surface area contributed by atoms with Gasteiger partial charge < -0.3 is 14.2 Å². The van der Waals surface area contributed by atoms with Gasteiger partial charge in [0.05, 0.1) is 20.3 Å². The molecule has 3 nitrogen and oxygen atoms in total. The summed E-state index contributed by atoms with van der Waals surface area (Å²) in [4.78, 5) is 0. The average molecular weight is 220 g/mol. The molecule has 0 saturated carbocycles. The number of methoxy groups -OCH3 is 2. The molecule has 1 heterocycles. The van der Waals surface area contributed by atoms with E-state index in [1.807, 2.05) is 30.3 Å². The molecule has 1 aromatic rings. The zero-order chi connectivity index (χ0) is 11.4. The molecule has 0 saturated heterocycles. The van der Waals surface area contributed by atoms with Crippen molar-refractivity contribution >= 4 is 0 Å². The fraction of sp³-hybridized carbons (Fsp3) is 0.385. The van der Waals surface area contributed by atoms with Crippen molar-refractivity contribution in [2.24, 2.45) is 0 Å². The number of benzene rings is 1. The lowest BCUT2D eigenvalue weighted by atomic mass is 9.95. The average Bonchev–Trinajstić information content (AvgIpc) is 2.80. The summed E-state index contributed by atoms with van der Waals surface area (Å²) >= 11 is 0. The summed E-state index contributed by atoms with van der Waals surface area (Å²) in [5, 5.41) is 0. The van der Waals surface area contributed by atoms with Crippen molar-refractivity contribution in [3.05, 3.63) is 42.0 Å². The topological polar surface area (TPSA) is 27.7 Å².